The van der Waals surface area contributed by atoms with Gasteiger partial charge in [0.25, 0.3) is 0 Å². The van der Waals surface area contributed by atoms with Crippen LogP contribution in [0.2, 0.25) is 0 Å². The molecule has 7 heteroatoms. The van der Waals surface area contributed by atoms with Gasteiger partial charge >= 0.3 is 0 Å². The Morgan fingerprint density at radius 1 is 1.22 bits per heavy atom. The lowest BCUT2D eigenvalue weighted by atomic mass is 10.0. The summed E-state index contributed by atoms with van der Waals surface area (Å²) in [5.74, 6) is 1.43. The highest BCUT2D eigenvalue weighted by molar-refractivity contribution is 5.95. The summed E-state index contributed by atoms with van der Waals surface area (Å²) in [6, 6.07) is 3.50. The van der Waals surface area contributed by atoms with Crippen LogP contribution >= 0.6 is 0 Å². The van der Waals surface area contributed by atoms with Crippen LogP contribution in [-0.2, 0) is 0 Å². The number of fused-ring (bicyclic) bond motifs is 1. The van der Waals surface area contributed by atoms with E-state index < -0.39 is 12.1 Å². The zero-order valence-electron chi connectivity index (χ0n) is 16.9. The Labute approximate surface area is 160 Å². The molecule has 0 amide bonds. The topological polar surface area (TPSA) is 96.9 Å². The highest BCUT2D eigenvalue weighted by Gasteiger charge is 2.36. The number of rotatable bonds is 5. The van der Waals surface area contributed by atoms with Gasteiger partial charge in [0.15, 0.2) is 0 Å². The molecule has 2 aromatic rings. The first-order chi connectivity index (χ1) is 12.6. The third-order valence-corrected chi connectivity index (χ3v) is 4.93. The molecule has 7 nitrogen and oxygen atoms in total. The average Bonchev–Trinajstić information content (AvgIpc) is 2.95. The first-order valence-electron chi connectivity index (χ1n) is 9.27. The van der Waals surface area contributed by atoms with Gasteiger partial charge in [0.1, 0.15) is 24.0 Å². The molecule has 0 fully saturated rings. The number of benzene rings is 1. The number of nitrogens with zero attached hydrogens (tertiary/aromatic N) is 4. The molecule has 2 heterocycles. The molecule has 1 aromatic heterocycles. The largest absolute Gasteiger partial charge is 0.496 e. The molecule has 0 saturated heterocycles. The zero-order chi connectivity index (χ0) is 19.9. The van der Waals surface area contributed by atoms with Crippen molar-refractivity contribution in [1.82, 2.24) is 14.9 Å². The van der Waals surface area contributed by atoms with Crippen LogP contribution in [0.3, 0.4) is 0 Å². The number of aliphatic hydroxyl groups excluding tert-OH is 1. The van der Waals surface area contributed by atoms with Crippen LogP contribution in [0.5, 0.6) is 5.75 Å². The van der Waals surface area contributed by atoms with E-state index in [9.17, 15) is 5.11 Å². The normalized spacial score (nSPS) is 18.7. The second kappa shape index (κ2) is 7.05. The van der Waals surface area contributed by atoms with E-state index in [0.29, 0.717) is 17.0 Å². The maximum absolute atomic E-state index is 10.1. The van der Waals surface area contributed by atoms with E-state index in [4.69, 9.17) is 15.5 Å². The smallest absolute Gasteiger partial charge is 0.126 e. The van der Waals surface area contributed by atoms with Gasteiger partial charge in [-0.2, -0.15) is 0 Å². The summed E-state index contributed by atoms with van der Waals surface area (Å²) in [6.07, 6.45) is 0.836. The van der Waals surface area contributed by atoms with Crippen molar-refractivity contribution in [3.05, 3.63) is 29.7 Å². The second-order valence-corrected chi connectivity index (χ2v) is 8.03. The molecule has 3 rings (SSSR count). The van der Waals surface area contributed by atoms with Gasteiger partial charge in [-0.25, -0.2) is 9.97 Å². The van der Waals surface area contributed by atoms with Gasteiger partial charge in [0.05, 0.1) is 30.0 Å². The van der Waals surface area contributed by atoms with E-state index in [1.807, 2.05) is 12.1 Å². The van der Waals surface area contributed by atoms with Crippen LogP contribution in [-0.4, -0.2) is 51.0 Å². The van der Waals surface area contributed by atoms with E-state index in [-0.39, 0.29) is 11.6 Å². The van der Waals surface area contributed by atoms with Crippen LogP contribution in [0, 0.1) is 0 Å². The minimum absolute atomic E-state index is 0.186. The van der Waals surface area contributed by atoms with Crippen molar-refractivity contribution < 1.29 is 9.84 Å². The molecule has 1 aliphatic rings. The number of aromatic nitrogens is 2. The van der Waals surface area contributed by atoms with Crippen molar-refractivity contribution in [2.24, 2.45) is 10.7 Å². The lowest BCUT2D eigenvalue weighted by Gasteiger charge is -2.29. The number of aliphatic imine (C=N–C) groups is 1. The first kappa shape index (κ1) is 19.5. The monoisotopic (exact) mass is 371 g/mol. The summed E-state index contributed by atoms with van der Waals surface area (Å²) >= 11 is 0. The Hall–Kier alpha value is -2.25. The van der Waals surface area contributed by atoms with Crippen LogP contribution in [0.1, 0.15) is 58.0 Å². The summed E-state index contributed by atoms with van der Waals surface area (Å²) in [4.78, 5) is 16.0. The molecule has 2 unspecified atom stereocenters. The third kappa shape index (κ3) is 3.61. The molecular weight excluding hydrogens is 342 g/mol. The fourth-order valence-corrected chi connectivity index (χ4v) is 3.60. The fraction of sp³-hybridized carbons (Fsp3) is 0.550. The summed E-state index contributed by atoms with van der Waals surface area (Å²) in [6.45, 7) is 11.0. The molecule has 27 heavy (non-hydrogen) atoms. The molecular formula is C20H29N5O2. The van der Waals surface area contributed by atoms with Crippen LogP contribution in [0.15, 0.2) is 23.5 Å². The molecule has 1 aliphatic heterocycles. The number of hydrogen-bond donors (Lipinski definition) is 2. The number of ether oxygens (including phenoxy) is 1. The fourth-order valence-electron chi connectivity index (χ4n) is 3.60. The highest BCUT2D eigenvalue weighted by atomic mass is 16.5. The number of nitrogens with two attached hydrogens (primary N) is 1. The molecule has 0 spiro atoms. The second-order valence-electron chi connectivity index (χ2n) is 8.03. The van der Waals surface area contributed by atoms with Crippen molar-refractivity contribution >= 4 is 16.7 Å². The van der Waals surface area contributed by atoms with Crippen LogP contribution in [0.25, 0.3) is 10.9 Å². The summed E-state index contributed by atoms with van der Waals surface area (Å²) in [5.41, 5.74) is 8.58. The maximum atomic E-state index is 10.1. The predicted molar refractivity (Wildman–Crippen MR) is 107 cm³/mol. The molecule has 146 valence electrons. The predicted octanol–water partition coefficient (Wildman–Crippen LogP) is 2.59. The van der Waals surface area contributed by atoms with Crippen molar-refractivity contribution in [3.63, 3.8) is 0 Å². The van der Waals surface area contributed by atoms with Gasteiger partial charge < -0.3 is 20.5 Å². The van der Waals surface area contributed by atoms with Crippen LogP contribution < -0.4 is 10.5 Å². The number of aliphatic hydroxyl groups is 1. The highest BCUT2D eigenvalue weighted by Crippen LogP contribution is 2.34. The Morgan fingerprint density at radius 3 is 2.52 bits per heavy atom. The Bertz CT molecular complexity index is 876. The van der Waals surface area contributed by atoms with Crippen molar-refractivity contribution in [1.29, 1.82) is 0 Å². The maximum Gasteiger partial charge on any atom is 0.126 e. The summed E-state index contributed by atoms with van der Waals surface area (Å²) in [5, 5.41) is 10.9. The van der Waals surface area contributed by atoms with Gasteiger partial charge in [0, 0.05) is 29.6 Å². The van der Waals surface area contributed by atoms with E-state index in [2.05, 4.69) is 42.6 Å². The zero-order valence-corrected chi connectivity index (χ0v) is 16.9. The molecule has 3 N–H and O–H groups in total. The van der Waals surface area contributed by atoms with Gasteiger partial charge in [0.2, 0.25) is 0 Å². The molecule has 0 radical (unpaired) electrons. The van der Waals surface area contributed by atoms with Gasteiger partial charge in [-0.15, -0.1) is 0 Å². The van der Waals surface area contributed by atoms with E-state index in [1.54, 1.807) is 14.0 Å². The standard InChI is InChI=1S/C20H29N5O2/c1-11(2)25-9-20(4,5)24-19(25)17(21)18-14-7-13(12(3)26)16(27-6)8-15(14)22-10-23-18/h7-8,10-12,17,26H,9,21H2,1-6H3. The molecule has 1 aromatic carbocycles. The van der Waals surface area contributed by atoms with Crippen LogP contribution in [0.4, 0.5) is 0 Å². The molecule has 0 bridgehead atoms. The van der Waals surface area contributed by atoms with Gasteiger partial charge in [-0.3, -0.25) is 4.99 Å². The quantitative estimate of drug-likeness (QED) is 0.838. The Morgan fingerprint density at radius 2 is 1.93 bits per heavy atom. The molecule has 2 atom stereocenters. The Kier molecular flexibility index (Phi) is 5.10. The van der Waals surface area contributed by atoms with Crippen molar-refractivity contribution in [2.45, 2.75) is 58.3 Å². The Balaban J connectivity index is 2.15. The average molecular weight is 371 g/mol. The molecule has 0 aliphatic carbocycles. The minimum Gasteiger partial charge on any atom is -0.496 e. The summed E-state index contributed by atoms with van der Waals surface area (Å²) < 4.78 is 5.41. The minimum atomic E-state index is -0.677. The first-order valence-corrected chi connectivity index (χ1v) is 9.27. The SMILES string of the molecule is COc1cc2ncnc(C(N)C3=NC(C)(C)CN3C(C)C)c2cc1C(C)O. The van der Waals surface area contributed by atoms with Crippen molar-refractivity contribution in [3.8, 4) is 5.75 Å². The van der Waals surface area contributed by atoms with E-state index >= 15 is 0 Å². The number of amidine groups is 1. The van der Waals surface area contributed by atoms with E-state index in [1.165, 1.54) is 6.33 Å². The lowest BCUT2D eigenvalue weighted by Crippen LogP contribution is -2.42. The summed E-state index contributed by atoms with van der Waals surface area (Å²) in [7, 11) is 1.58. The number of methoxy groups -OCH3 is 1. The third-order valence-electron chi connectivity index (χ3n) is 4.93. The van der Waals surface area contributed by atoms with Gasteiger partial charge in [-0.05, 0) is 40.7 Å². The van der Waals surface area contributed by atoms with Gasteiger partial charge in [-0.1, -0.05) is 0 Å². The lowest BCUT2D eigenvalue weighted by molar-refractivity contribution is 0.194. The number of hydrogen-bond acceptors (Lipinski definition) is 7. The van der Waals surface area contributed by atoms with E-state index in [0.717, 1.165) is 23.3 Å². The van der Waals surface area contributed by atoms with Crippen molar-refractivity contribution in [2.75, 3.05) is 13.7 Å². The molecule has 0 saturated carbocycles.